The van der Waals surface area contributed by atoms with Crippen molar-refractivity contribution >= 4 is 11.9 Å². The predicted molar refractivity (Wildman–Crippen MR) is 90.0 cm³/mol. The number of rotatable bonds is 4. The van der Waals surface area contributed by atoms with Crippen LogP contribution in [0.4, 0.5) is 0 Å². The summed E-state index contributed by atoms with van der Waals surface area (Å²) in [6.45, 7) is 3.97. The third kappa shape index (κ3) is 3.89. The van der Waals surface area contributed by atoms with Crippen LogP contribution in [0.25, 0.3) is 0 Å². The normalized spacial score (nSPS) is 20.2. The Hall–Kier alpha value is -2.04. The average molecular weight is 331 g/mol. The van der Waals surface area contributed by atoms with Crippen LogP contribution >= 0.6 is 0 Å². The van der Waals surface area contributed by atoms with Crippen molar-refractivity contribution in [1.29, 1.82) is 0 Å². The van der Waals surface area contributed by atoms with Crippen LogP contribution in [0.2, 0.25) is 0 Å². The fourth-order valence-electron chi connectivity index (χ4n) is 3.34. The second kappa shape index (κ2) is 7.24. The largest absolute Gasteiger partial charge is 0.480 e. The first-order valence-electron chi connectivity index (χ1n) is 8.77. The van der Waals surface area contributed by atoms with Crippen molar-refractivity contribution < 1.29 is 19.1 Å². The third-order valence-corrected chi connectivity index (χ3v) is 4.90. The molecule has 5 nitrogen and oxygen atoms in total. The molecule has 130 valence electrons. The van der Waals surface area contributed by atoms with Crippen molar-refractivity contribution in [3.63, 3.8) is 0 Å². The predicted octanol–water partition coefficient (Wildman–Crippen LogP) is 2.60. The molecule has 1 aromatic rings. The van der Waals surface area contributed by atoms with E-state index in [2.05, 4.69) is 11.4 Å². The maximum atomic E-state index is 12.2. The molecule has 0 spiro atoms. The summed E-state index contributed by atoms with van der Waals surface area (Å²) in [7, 11) is 0. The molecule has 1 N–H and O–H groups in total. The topological polar surface area (TPSA) is 64.6 Å². The van der Waals surface area contributed by atoms with Gasteiger partial charge in [0, 0.05) is 6.42 Å². The highest BCUT2D eigenvalue weighted by atomic mass is 16.5. The van der Waals surface area contributed by atoms with Gasteiger partial charge in [-0.15, -0.1) is 0 Å². The minimum Gasteiger partial charge on any atom is -0.480 e. The van der Waals surface area contributed by atoms with Crippen LogP contribution in [-0.2, 0) is 20.7 Å². The van der Waals surface area contributed by atoms with E-state index in [0.717, 1.165) is 42.6 Å². The van der Waals surface area contributed by atoms with Crippen LogP contribution in [0.3, 0.4) is 0 Å². The molecule has 0 radical (unpaired) electrons. The Kier molecular flexibility index (Phi) is 5.07. The second-order valence-electron chi connectivity index (χ2n) is 6.82. The summed E-state index contributed by atoms with van der Waals surface area (Å²) in [6, 6.07) is 4.03. The minimum atomic E-state index is -0.566. The number of ether oxygens (including phenoxy) is 2. The summed E-state index contributed by atoms with van der Waals surface area (Å²) in [5.74, 6) is 0.141. The molecule has 1 atom stereocenters. The van der Waals surface area contributed by atoms with E-state index in [-0.39, 0.29) is 24.5 Å². The Bertz CT molecular complexity index is 603. The smallest absolute Gasteiger partial charge is 0.325 e. The number of nitrogens with one attached hydrogen (secondary N) is 1. The zero-order chi connectivity index (χ0) is 17.1. The summed E-state index contributed by atoms with van der Waals surface area (Å²) in [5, 5.41) is 2.64. The van der Waals surface area contributed by atoms with Gasteiger partial charge in [0.2, 0.25) is 0 Å². The van der Waals surface area contributed by atoms with Gasteiger partial charge in [-0.25, -0.2) is 0 Å². The van der Waals surface area contributed by atoms with E-state index in [1.807, 2.05) is 19.9 Å². The Morgan fingerprint density at radius 1 is 1.17 bits per heavy atom. The van der Waals surface area contributed by atoms with Gasteiger partial charge in [-0.05, 0) is 62.3 Å². The molecular weight excluding hydrogens is 306 g/mol. The maximum Gasteiger partial charge on any atom is 0.325 e. The van der Waals surface area contributed by atoms with Gasteiger partial charge in [-0.3, -0.25) is 9.59 Å². The summed E-state index contributed by atoms with van der Waals surface area (Å²) < 4.78 is 11.1. The minimum absolute atomic E-state index is 0.0149. The molecule has 1 aliphatic carbocycles. The number of fused-ring (bicyclic) bond motifs is 1. The third-order valence-electron chi connectivity index (χ3n) is 4.90. The standard InChI is InChI=1S/C19H25NO4/c1-12-8-14-10-17(24-16(14)9-13(12)2)19(22)20-11-18(21)23-15-6-4-3-5-7-15/h8-9,15,17H,3-7,10-11H2,1-2H3,(H,20,22)/t17-/m0/s1. The van der Waals surface area contributed by atoms with Gasteiger partial charge in [0.25, 0.3) is 5.91 Å². The van der Waals surface area contributed by atoms with Gasteiger partial charge >= 0.3 is 5.97 Å². The lowest BCUT2D eigenvalue weighted by Gasteiger charge is -2.22. The highest BCUT2D eigenvalue weighted by Crippen LogP contribution is 2.31. The number of amides is 1. The van der Waals surface area contributed by atoms with Gasteiger partial charge in [0.15, 0.2) is 6.10 Å². The van der Waals surface area contributed by atoms with Crippen LogP contribution < -0.4 is 10.1 Å². The van der Waals surface area contributed by atoms with Gasteiger partial charge < -0.3 is 14.8 Å². The van der Waals surface area contributed by atoms with Gasteiger partial charge in [-0.1, -0.05) is 12.5 Å². The van der Waals surface area contributed by atoms with Crippen molar-refractivity contribution in [3.8, 4) is 5.75 Å². The second-order valence-corrected chi connectivity index (χ2v) is 6.82. The first kappa shape index (κ1) is 16.8. The molecule has 1 heterocycles. The van der Waals surface area contributed by atoms with Crippen LogP contribution in [0.1, 0.15) is 48.8 Å². The monoisotopic (exact) mass is 331 g/mol. The van der Waals surface area contributed by atoms with E-state index >= 15 is 0 Å². The van der Waals surface area contributed by atoms with Crippen molar-refractivity contribution in [2.75, 3.05) is 6.54 Å². The molecule has 1 amide bonds. The zero-order valence-electron chi connectivity index (χ0n) is 14.4. The Morgan fingerprint density at radius 2 is 1.88 bits per heavy atom. The number of aryl methyl sites for hydroxylation is 2. The van der Waals surface area contributed by atoms with Crippen molar-refractivity contribution in [3.05, 3.63) is 28.8 Å². The van der Waals surface area contributed by atoms with Crippen LogP contribution in [0.15, 0.2) is 12.1 Å². The summed E-state index contributed by atoms with van der Waals surface area (Å²) in [6.07, 6.45) is 5.28. The van der Waals surface area contributed by atoms with E-state index in [1.165, 1.54) is 12.0 Å². The Labute approximate surface area is 142 Å². The molecule has 3 rings (SSSR count). The van der Waals surface area contributed by atoms with Crippen LogP contribution in [-0.4, -0.2) is 30.6 Å². The van der Waals surface area contributed by atoms with E-state index < -0.39 is 6.10 Å². The molecule has 1 aliphatic heterocycles. The van der Waals surface area contributed by atoms with E-state index in [9.17, 15) is 9.59 Å². The Balaban J connectivity index is 1.47. The molecule has 2 aliphatic rings. The van der Waals surface area contributed by atoms with E-state index in [1.54, 1.807) is 0 Å². The molecule has 1 saturated carbocycles. The fraction of sp³-hybridized carbons (Fsp3) is 0.579. The Morgan fingerprint density at radius 3 is 2.62 bits per heavy atom. The lowest BCUT2D eigenvalue weighted by atomic mass is 9.98. The van der Waals surface area contributed by atoms with E-state index in [0.29, 0.717) is 6.42 Å². The number of esters is 1. The quantitative estimate of drug-likeness (QED) is 0.861. The molecule has 1 aromatic carbocycles. The summed E-state index contributed by atoms with van der Waals surface area (Å²) in [4.78, 5) is 24.1. The highest BCUT2D eigenvalue weighted by Gasteiger charge is 2.30. The first-order chi connectivity index (χ1) is 11.5. The molecule has 0 bridgehead atoms. The molecular formula is C19H25NO4. The van der Waals surface area contributed by atoms with Gasteiger partial charge in [-0.2, -0.15) is 0 Å². The number of hydrogen-bond donors (Lipinski definition) is 1. The number of benzene rings is 1. The average Bonchev–Trinajstić information content (AvgIpc) is 2.97. The lowest BCUT2D eigenvalue weighted by molar-refractivity contribution is -0.150. The van der Waals surface area contributed by atoms with Gasteiger partial charge in [0.1, 0.15) is 18.4 Å². The summed E-state index contributed by atoms with van der Waals surface area (Å²) >= 11 is 0. The number of carbonyl (C=O) groups is 2. The molecule has 0 aromatic heterocycles. The first-order valence-corrected chi connectivity index (χ1v) is 8.77. The molecule has 0 saturated heterocycles. The molecule has 24 heavy (non-hydrogen) atoms. The van der Waals surface area contributed by atoms with Crippen molar-refractivity contribution in [2.45, 2.75) is 64.6 Å². The van der Waals surface area contributed by atoms with Crippen molar-refractivity contribution in [2.24, 2.45) is 0 Å². The summed E-state index contributed by atoms with van der Waals surface area (Å²) in [5.41, 5.74) is 3.38. The molecule has 1 fully saturated rings. The van der Waals surface area contributed by atoms with Gasteiger partial charge in [0.05, 0.1) is 0 Å². The maximum absolute atomic E-state index is 12.2. The van der Waals surface area contributed by atoms with Crippen LogP contribution in [0, 0.1) is 13.8 Å². The highest BCUT2D eigenvalue weighted by molar-refractivity contribution is 5.86. The van der Waals surface area contributed by atoms with Crippen LogP contribution in [0.5, 0.6) is 5.75 Å². The number of carbonyl (C=O) groups excluding carboxylic acids is 2. The lowest BCUT2D eigenvalue weighted by Crippen LogP contribution is -2.41. The SMILES string of the molecule is Cc1cc2c(cc1C)O[C@H](C(=O)NCC(=O)OC1CCCCC1)C2. The zero-order valence-corrected chi connectivity index (χ0v) is 14.4. The molecule has 0 unspecified atom stereocenters. The van der Waals surface area contributed by atoms with Crippen molar-refractivity contribution in [1.82, 2.24) is 5.32 Å². The molecule has 5 heteroatoms. The number of hydrogen-bond acceptors (Lipinski definition) is 4. The van der Waals surface area contributed by atoms with E-state index in [4.69, 9.17) is 9.47 Å². The fourth-order valence-corrected chi connectivity index (χ4v) is 3.34.